The quantitative estimate of drug-likeness (QED) is 0.654. The van der Waals surface area contributed by atoms with Crippen LogP contribution in [0.4, 0.5) is 13.2 Å². The highest BCUT2D eigenvalue weighted by atomic mass is 35.5. The van der Waals surface area contributed by atoms with Crippen molar-refractivity contribution in [3.63, 3.8) is 0 Å². The SMILES string of the molecule is Cc1c(Cl)c(C(F)(F)F)nn1C(C)c1nnc(-c2ccc3c(c2)OCO3)o1. The number of alkyl halides is 3. The summed E-state index contributed by atoms with van der Waals surface area (Å²) < 4.78 is 56.3. The van der Waals surface area contributed by atoms with Gasteiger partial charge in [0.05, 0.1) is 10.7 Å². The molecule has 1 aliphatic rings. The van der Waals surface area contributed by atoms with Crippen molar-refractivity contribution in [3.05, 3.63) is 40.5 Å². The second-order valence-electron chi connectivity index (χ2n) is 5.88. The Hall–Kier alpha value is -2.75. The Morgan fingerprint density at radius 3 is 2.63 bits per heavy atom. The molecule has 1 aliphatic heterocycles. The molecule has 1 atom stereocenters. The summed E-state index contributed by atoms with van der Waals surface area (Å²) in [4.78, 5) is 0. The van der Waals surface area contributed by atoms with Gasteiger partial charge < -0.3 is 13.9 Å². The number of hydrogen-bond acceptors (Lipinski definition) is 6. The maximum absolute atomic E-state index is 13.0. The Labute approximate surface area is 155 Å². The number of hydrogen-bond donors (Lipinski definition) is 0. The van der Waals surface area contributed by atoms with E-state index in [1.165, 1.54) is 6.92 Å². The minimum absolute atomic E-state index is 0.0960. The van der Waals surface area contributed by atoms with Gasteiger partial charge in [0.1, 0.15) is 6.04 Å². The number of benzene rings is 1. The molecular formula is C16H12ClF3N4O3. The molecule has 0 spiro atoms. The first-order valence-electron chi connectivity index (χ1n) is 7.81. The third kappa shape index (κ3) is 2.99. The lowest BCUT2D eigenvalue weighted by atomic mass is 10.2. The highest BCUT2D eigenvalue weighted by molar-refractivity contribution is 6.31. The van der Waals surface area contributed by atoms with Crippen LogP contribution in [0.1, 0.15) is 30.2 Å². The van der Waals surface area contributed by atoms with Gasteiger partial charge in [-0.05, 0) is 32.0 Å². The molecule has 0 saturated carbocycles. The minimum Gasteiger partial charge on any atom is -0.454 e. The number of nitrogens with zero attached hydrogens (tertiary/aromatic N) is 4. The summed E-state index contributed by atoms with van der Waals surface area (Å²) in [5, 5.41) is 11.0. The van der Waals surface area contributed by atoms with E-state index in [1.807, 2.05) is 0 Å². The molecule has 4 rings (SSSR count). The summed E-state index contributed by atoms with van der Waals surface area (Å²) in [7, 11) is 0. The first-order chi connectivity index (χ1) is 12.8. The van der Waals surface area contributed by atoms with Crippen LogP contribution in [0, 0.1) is 6.92 Å². The van der Waals surface area contributed by atoms with Crippen molar-refractivity contribution < 1.29 is 27.1 Å². The molecule has 0 radical (unpaired) electrons. The fourth-order valence-corrected chi connectivity index (χ4v) is 2.94. The first kappa shape index (κ1) is 17.7. The van der Waals surface area contributed by atoms with Gasteiger partial charge in [0, 0.05) is 5.56 Å². The van der Waals surface area contributed by atoms with Crippen molar-refractivity contribution >= 4 is 11.6 Å². The second-order valence-corrected chi connectivity index (χ2v) is 6.26. The third-order valence-corrected chi connectivity index (χ3v) is 4.58. The number of ether oxygens (including phenoxy) is 2. The van der Waals surface area contributed by atoms with Gasteiger partial charge in [-0.1, -0.05) is 11.6 Å². The highest BCUT2D eigenvalue weighted by Gasteiger charge is 2.39. The van der Waals surface area contributed by atoms with Gasteiger partial charge in [-0.3, -0.25) is 4.68 Å². The normalized spacial score (nSPS) is 14.6. The molecule has 1 aromatic carbocycles. The molecule has 3 heterocycles. The van der Waals surface area contributed by atoms with E-state index < -0.39 is 22.9 Å². The van der Waals surface area contributed by atoms with Crippen molar-refractivity contribution in [2.75, 3.05) is 6.79 Å². The second kappa shape index (κ2) is 6.15. The topological polar surface area (TPSA) is 75.2 Å². The van der Waals surface area contributed by atoms with Gasteiger partial charge in [0.2, 0.25) is 18.6 Å². The summed E-state index contributed by atoms with van der Waals surface area (Å²) in [6, 6.07) is 4.36. The van der Waals surface area contributed by atoms with E-state index in [4.69, 9.17) is 25.5 Å². The summed E-state index contributed by atoms with van der Waals surface area (Å²) in [5.74, 6) is 1.44. The fraction of sp³-hybridized carbons (Fsp3) is 0.312. The van der Waals surface area contributed by atoms with E-state index in [9.17, 15) is 13.2 Å². The summed E-state index contributed by atoms with van der Waals surface area (Å²) in [5.41, 5.74) is -0.403. The van der Waals surface area contributed by atoms with E-state index in [0.717, 1.165) is 4.68 Å². The lowest BCUT2D eigenvalue weighted by molar-refractivity contribution is -0.141. The van der Waals surface area contributed by atoms with Gasteiger partial charge >= 0.3 is 6.18 Å². The fourth-order valence-electron chi connectivity index (χ4n) is 2.71. The molecule has 11 heteroatoms. The number of fused-ring (bicyclic) bond motifs is 1. The van der Waals surface area contributed by atoms with E-state index in [0.29, 0.717) is 17.1 Å². The molecule has 1 unspecified atom stereocenters. The largest absolute Gasteiger partial charge is 0.454 e. The zero-order valence-electron chi connectivity index (χ0n) is 14.0. The molecule has 0 N–H and O–H groups in total. The third-order valence-electron chi connectivity index (χ3n) is 4.13. The maximum Gasteiger partial charge on any atom is 0.436 e. The van der Waals surface area contributed by atoms with E-state index in [1.54, 1.807) is 25.1 Å². The number of halogens is 4. The van der Waals surface area contributed by atoms with E-state index >= 15 is 0 Å². The first-order valence-corrected chi connectivity index (χ1v) is 8.18. The number of aromatic nitrogens is 4. The van der Waals surface area contributed by atoms with Crippen LogP contribution in [0.2, 0.25) is 5.02 Å². The van der Waals surface area contributed by atoms with Crippen molar-refractivity contribution in [2.24, 2.45) is 0 Å². The van der Waals surface area contributed by atoms with Crippen LogP contribution in [0.15, 0.2) is 22.6 Å². The van der Waals surface area contributed by atoms with Gasteiger partial charge in [-0.2, -0.15) is 18.3 Å². The van der Waals surface area contributed by atoms with Gasteiger partial charge in [0.15, 0.2) is 17.2 Å². The Kier molecular flexibility index (Phi) is 4.02. The van der Waals surface area contributed by atoms with Crippen molar-refractivity contribution in [3.8, 4) is 23.0 Å². The molecule has 27 heavy (non-hydrogen) atoms. The molecule has 0 fully saturated rings. The minimum atomic E-state index is -4.65. The molecule has 0 amide bonds. The van der Waals surface area contributed by atoms with Crippen LogP contribution >= 0.6 is 11.6 Å². The van der Waals surface area contributed by atoms with Crippen LogP contribution in [0.3, 0.4) is 0 Å². The molecule has 2 aromatic heterocycles. The van der Waals surface area contributed by atoms with Gasteiger partial charge in [-0.15, -0.1) is 10.2 Å². The molecule has 3 aromatic rings. The lowest BCUT2D eigenvalue weighted by Crippen LogP contribution is -2.13. The van der Waals surface area contributed by atoms with Gasteiger partial charge in [-0.25, -0.2) is 0 Å². The average molecular weight is 401 g/mol. The van der Waals surface area contributed by atoms with Crippen molar-refractivity contribution in [2.45, 2.75) is 26.1 Å². The molecule has 7 nitrogen and oxygen atoms in total. The molecular weight excluding hydrogens is 389 g/mol. The highest BCUT2D eigenvalue weighted by Crippen LogP contribution is 2.38. The average Bonchev–Trinajstić information content (AvgIpc) is 3.33. The lowest BCUT2D eigenvalue weighted by Gasteiger charge is -2.09. The van der Waals surface area contributed by atoms with Crippen LogP contribution in [-0.4, -0.2) is 26.8 Å². The van der Waals surface area contributed by atoms with E-state index in [2.05, 4.69) is 15.3 Å². The van der Waals surface area contributed by atoms with Crippen molar-refractivity contribution in [1.29, 1.82) is 0 Å². The Balaban J connectivity index is 1.66. The predicted molar refractivity (Wildman–Crippen MR) is 86.6 cm³/mol. The van der Waals surface area contributed by atoms with Crippen LogP contribution in [0.25, 0.3) is 11.5 Å². The Morgan fingerprint density at radius 1 is 1.19 bits per heavy atom. The predicted octanol–water partition coefficient (Wildman–Crippen LogP) is 4.25. The number of rotatable bonds is 3. The molecule has 0 aliphatic carbocycles. The summed E-state index contributed by atoms with van der Waals surface area (Å²) >= 11 is 5.79. The molecule has 142 valence electrons. The maximum atomic E-state index is 13.0. The Bertz CT molecular complexity index is 1010. The standard InChI is InChI=1S/C16H12ClF3N4O3/c1-7-12(17)13(16(18,19)20)23-24(7)8(2)14-21-22-15(27-14)9-3-4-10-11(5-9)26-6-25-10/h3-5,8H,6H2,1-2H3. The van der Waals surface area contributed by atoms with Crippen LogP contribution in [-0.2, 0) is 6.18 Å². The monoisotopic (exact) mass is 400 g/mol. The van der Waals surface area contributed by atoms with E-state index in [-0.39, 0.29) is 24.3 Å². The Morgan fingerprint density at radius 2 is 1.93 bits per heavy atom. The summed E-state index contributed by atoms with van der Waals surface area (Å²) in [6.07, 6.45) is -4.65. The molecule has 0 bridgehead atoms. The van der Waals surface area contributed by atoms with Gasteiger partial charge in [0.25, 0.3) is 0 Å². The van der Waals surface area contributed by atoms with Crippen LogP contribution in [0.5, 0.6) is 11.5 Å². The van der Waals surface area contributed by atoms with Crippen molar-refractivity contribution in [1.82, 2.24) is 20.0 Å². The summed E-state index contributed by atoms with van der Waals surface area (Å²) in [6.45, 7) is 3.16. The zero-order valence-corrected chi connectivity index (χ0v) is 14.8. The zero-order chi connectivity index (χ0) is 19.3. The van der Waals surface area contributed by atoms with Crippen LogP contribution < -0.4 is 9.47 Å². The smallest absolute Gasteiger partial charge is 0.436 e. The molecule has 0 saturated heterocycles.